The third-order valence-electron chi connectivity index (χ3n) is 5.58. The molecule has 0 radical (unpaired) electrons. The van der Waals surface area contributed by atoms with Crippen molar-refractivity contribution in [2.45, 2.75) is 44.1 Å². The minimum absolute atomic E-state index is 0.0739. The van der Waals surface area contributed by atoms with E-state index >= 15 is 0 Å². The molecule has 156 valence electrons. The number of hydrogen-bond acceptors (Lipinski definition) is 5. The summed E-state index contributed by atoms with van der Waals surface area (Å²) in [6.45, 7) is 1.31. The van der Waals surface area contributed by atoms with Crippen molar-refractivity contribution in [2.75, 3.05) is 19.6 Å². The van der Waals surface area contributed by atoms with Crippen molar-refractivity contribution in [2.24, 2.45) is 0 Å². The van der Waals surface area contributed by atoms with Crippen molar-refractivity contribution in [3.63, 3.8) is 0 Å². The van der Waals surface area contributed by atoms with E-state index < -0.39 is 18.0 Å². The number of amides is 4. The van der Waals surface area contributed by atoms with Gasteiger partial charge in [0.15, 0.2) is 0 Å². The zero-order chi connectivity index (χ0) is 20.4. The van der Waals surface area contributed by atoms with E-state index in [9.17, 15) is 14.4 Å². The largest absolute Gasteiger partial charge is 0.465 e. The van der Waals surface area contributed by atoms with Crippen molar-refractivity contribution in [3.05, 3.63) is 35.9 Å². The van der Waals surface area contributed by atoms with Gasteiger partial charge >= 0.3 is 12.1 Å². The van der Waals surface area contributed by atoms with Crippen LogP contribution in [0, 0.1) is 0 Å². The van der Waals surface area contributed by atoms with Crippen molar-refractivity contribution in [3.8, 4) is 0 Å². The Morgan fingerprint density at radius 2 is 1.93 bits per heavy atom. The molecule has 3 atom stereocenters. The monoisotopic (exact) mass is 404 g/mol. The van der Waals surface area contributed by atoms with Crippen LogP contribution in [-0.2, 0) is 21.1 Å². The molecule has 3 aliphatic heterocycles. The molecule has 10 nitrogen and oxygen atoms in total. The number of carbonyl (C=O) groups is 3. The first kappa shape index (κ1) is 19.5. The van der Waals surface area contributed by atoms with E-state index in [1.807, 2.05) is 30.3 Å². The van der Waals surface area contributed by atoms with Gasteiger partial charge in [-0.15, -0.1) is 0 Å². The highest BCUT2D eigenvalue weighted by molar-refractivity contribution is 5.88. The summed E-state index contributed by atoms with van der Waals surface area (Å²) < 4.78 is 0. The van der Waals surface area contributed by atoms with Crippen LogP contribution in [0.5, 0.6) is 0 Å². The van der Waals surface area contributed by atoms with Crippen LogP contribution in [0.25, 0.3) is 0 Å². The van der Waals surface area contributed by atoms with E-state index in [0.29, 0.717) is 39.0 Å². The van der Waals surface area contributed by atoms with Gasteiger partial charge < -0.3 is 14.9 Å². The van der Waals surface area contributed by atoms with Crippen LogP contribution in [0.3, 0.4) is 0 Å². The van der Waals surface area contributed by atoms with E-state index in [0.717, 1.165) is 5.56 Å². The van der Waals surface area contributed by atoms with E-state index in [2.05, 4.69) is 5.48 Å². The zero-order valence-electron chi connectivity index (χ0n) is 15.9. The summed E-state index contributed by atoms with van der Waals surface area (Å²) in [7, 11) is 0. The fraction of sp³-hybridized carbons (Fsp3) is 0.526. The number of hydroxylamine groups is 3. The minimum Gasteiger partial charge on any atom is -0.465 e. The molecule has 4 amide bonds. The van der Waals surface area contributed by atoms with Crippen molar-refractivity contribution < 1.29 is 29.2 Å². The Bertz CT molecular complexity index is 775. The van der Waals surface area contributed by atoms with E-state index in [1.54, 1.807) is 0 Å². The van der Waals surface area contributed by atoms with Gasteiger partial charge in [0.2, 0.25) is 0 Å². The topological polar surface area (TPSA) is 112 Å². The first-order chi connectivity index (χ1) is 14.0. The van der Waals surface area contributed by atoms with Crippen molar-refractivity contribution >= 4 is 18.0 Å². The zero-order valence-corrected chi connectivity index (χ0v) is 15.9. The van der Waals surface area contributed by atoms with Gasteiger partial charge in [-0.2, -0.15) is 5.06 Å². The third-order valence-corrected chi connectivity index (χ3v) is 5.58. The van der Waals surface area contributed by atoms with Gasteiger partial charge in [0.25, 0.3) is 5.91 Å². The van der Waals surface area contributed by atoms with E-state index in [-0.39, 0.29) is 24.7 Å². The number of fused-ring (bicyclic) bond motifs is 2. The lowest BCUT2D eigenvalue weighted by molar-refractivity contribution is -0.143. The second-order valence-corrected chi connectivity index (χ2v) is 7.49. The smallest absolute Gasteiger partial charge is 0.407 e. The molecule has 3 heterocycles. The molecule has 1 aromatic rings. The highest BCUT2D eigenvalue weighted by Gasteiger charge is 2.48. The number of hydrogen-bond donors (Lipinski definition) is 2. The maximum absolute atomic E-state index is 12.7. The Hall–Kier alpha value is -2.85. The maximum atomic E-state index is 12.7. The average Bonchev–Trinajstić information content (AvgIpc) is 3.30. The SMILES string of the molecule is O=C(NO[C@@H]1CCN(C(=O)O)C1)[C@@H]1CC[C@@H]2CN1C(=O)N2OCc1ccccc1. The molecule has 0 saturated carbocycles. The quantitative estimate of drug-likeness (QED) is 0.689. The standard InChI is InChI=1S/C19H24N4O6/c24-17(20-29-15-8-9-21(11-15)19(26)27)16-7-6-14-10-22(16)18(25)23(14)28-12-13-4-2-1-3-5-13/h1-5,14-16H,6-12H2,(H,20,24)(H,26,27)/t14-,15-,16+/m1/s1. The second-order valence-electron chi connectivity index (χ2n) is 7.49. The van der Waals surface area contributed by atoms with Crippen LogP contribution in [-0.4, -0.2) is 75.8 Å². The first-order valence-corrected chi connectivity index (χ1v) is 9.73. The molecule has 2 N–H and O–H groups in total. The molecule has 1 aromatic carbocycles. The molecule has 29 heavy (non-hydrogen) atoms. The number of rotatable bonds is 6. The molecule has 10 heteroatoms. The number of piperidine rings is 1. The van der Waals surface area contributed by atoms with Crippen LogP contribution in [0.15, 0.2) is 30.3 Å². The molecule has 3 saturated heterocycles. The van der Waals surface area contributed by atoms with Crippen LogP contribution in [0.4, 0.5) is 9.59 Å². The van der Waals surface area contributed by atoms with Gasteiger partial charge in [-0.3, -0.25) is 14.5 Å². The van der Waals surface area contributed by atoms with Gasteiger partial charge in [-0.05, 0) is 24.8 Å². The molecular weight excluding hydrogens is 380 g/mol. The molecular formula is C19H24N4O6. The lowest BCUT2D eigenvalue weighted by Crippen LogP contribution is -2.50. The van der Waals surface area contributed by atoms with Gasteiger partial charge in [0.05, 0.1) is 12.6 Å². The number of urea groups is 1. The summed E-state index contributed by atoms with van der Waals surface area (Å²) in [4.78, 5) is 50.1. The molecule has 0 aliphatic carbocycles. The Morgan fingerprint density at radius 3 is 2.66 bits per heavy atom. The molecule has 0 spiro atoms. The summed E-state index contributed by atoms with van der Waals surface area (Å²) in [5.41, 5.74) is 3.38. The molecule has 2 bridgehead atoms. The van der Waals surface area contributed by atoms with E-state index in [4.69, 9.17) is 14.8 Å². The molecule has 3 fully saturated rings. The number of carbonyl (C=O) groups excluding carboxylic acids is 2. The number of carboxylic acid groups (broad SMARTS) is 1. The van der Waals surface area contributed by atoms with Crippen molar-refractivity contribution in [1.82, 2.24) is 20.3 Å². The summed E-state index contributed by atoms with van der Waals surface area (Å²) >= 11 is 0. The van der Waals surface area contributed by atoms with Crippen LogP contribution in [0.2, 0.25) is 0 Å². The Morgan fingerprint density at radius 1 is 1.14 bits per heavy atom. The third kappa shape index (κ3) is 4.13. The first-order valence-electron chi connectivity index (χ1n) is 9.73. The summed E-state index contributed by atoms with van der Waals surface area (Å²) in [6, 6.07) is 8.57. The molecule has 4 rings (SSSR count). The lowest BCUT2D eigenvalue weighted by atomic mass is 10.0. The number of likely N-dealkylation sites (tertiary alicyclic amines) is 1. The van der Waals surface area contributed by atoms with Gasteiger partial charge in [-0.1, -0.05) is 30.3 Å². The minimum atomic E-state index is -1.00. The predicted octanol–water partition coefficient (Wildman–Crippen LogP) is 1.19. The van der Waals surface area contributed by atoms with Crippen LogP contribution < -0.4 is 5.48 Å². The highest BCUT2D eigenvalue weighted by atomic mass is 16.7. The Balaban J connectivity index is 1.29. The second kappa shape index (κ2) is 8.26. The maximum Gasteiger partial charge on any atom is 0.407 e. The number of benzene rings is 1. The molecule has 0 unspecified atom stereocenters. The fourth-order valence-electron chi connectivity index (χ4n) is 4.00. The van der Waals surface area contributed by atoms with Gasteiger partial charge in [-0.25, -0.2) is 15.1 Å². The Kier molecular flexibility index (Phi) is 5.54. The Labute approximate surface area is 167 Å². The summed E-state index contributed by atoms with van der Waals surface area (Å²) in [5, 5.41) is 10.4. The summed E-state index contributed by atoms with van der Waals surface area (Å²) in [5.74, 6) is -0.393. The van der Waals surface area contributed by atoms with Gasteiger partial charge in [0, 0.05) is 13.1 Å². The molecule has 3 aliphatic rings. The number of nitrogens with one attached hydrogen (secondary N) is 1. The predicted molar refractivity (Wildman–Crippen MR) is 99.2 cm³/mol. The van der Waals surface area contributed by atoms with Crippen molar-refractivity contribution in [1.29, 1.82) is 0 Å². The fourth-order valence-corrected chi connectivity index (χ4v) is 4.00. The van der Waals surface area contributed by atoms with E-state index in [1.165, 1.54) is 14.9 Å². The highest BCUT2D eigenvalue weighted by Crippen LogP contribution is 2.30. The lowest BCUT2D eigenvalue weighted by Gasteiger charge is -2.29. The van der Waals surface area contributed by atoms with Gasteiger partial charge in [0.1, 0.15) is 18.8 Å². The number of nitrogens with zero attached hydrogens (tertiary/aromatic N) is 3. The summed E-state index contributed by atoms with van der Waals surface area (Å²) in [6.07, 6.45) is 0.308. The average molecular weight is 404 g/mol. The van der Waals surface area contributed by atoms with Crippen LogP contribution >= 0.6 is 0 Å². The molecule has 0 aromatic heterocycles. The normalized spacial score (nSPS) is 26.1. The van der Waals surface area contributed by atoms with Crippen LogP contribution in [0.1, 0.15) is 24.8 Å².